The maximum Gasteiger partial charge on any atom is -1.00 e. The second kappa shape index (κ2) is 8.55. The summed E-state index contributed by atoms with van der Waals surface area (Å²) < 4.78 is 3.85. The van der Waals surface area contributed by atoms with E-state index in [2.05, 4.69) is 62.7 Å². The number of rotatable bonds is 3. The quantitative estimate of drug-likeness (QED) is 0.392. The van der Waals surface area contributed by atoms with Crippen molar-refractivity contribution >= 4 is 10.6 Å². The molecule has 2 aliphatic carbocycles. The molecule has 0 amide bonds. The fraction of sp³-hybridized carbons (Fsp3) is 0.500. The number of hydrogen-bond acceptors (Lipinski definition) is 0. The number of allylic oxidation sites excluding steroid dienone is 8. The van der Waals surface area contributed by atoms with Gasteiger partial charge in [-0.25, -0.2) is 0 Å². The minimum atomic E-state index is -1.61. The number of hydrogen-bond donors (Lipinski definition) is 0. The van der Waals surface area contributed by atoms with Gasteiger partial charge in [0.2, 0.25) is 0 Å². The third kappa shape index (κ3) is 4.73. The van der Waals surface area contributed by atoms with Crippen LogP contribution in [0.2, 0.25) is 11.5 Å². The van der Waals surface area contributed by atoms with E-state index >= 15 is 0 Å². The van der Waals surface area contributed by atoms with E-state index in [1.807, 2.05) is 6.66 Å². The molecular formula is C16H25Cl2GeHf. The molecule has 20 heavy (non-hydrogen) atoms. The second-order valence-corrected chi connectivity index (χ2v) is 50.4. The largest absolute Gasteiger partial charge is 1.00 e. The molecule has 0 N–H and O–H groups in total. The topological polar surface area (TPSA) is 0 Å². The molecular weight excluding hydrogens is 514 g/mol. The van der Waals surface area contributed by atoms with Crippen molar-refractivity contribution in [3.63, 3.8) is 0 Å². The van der Waals surface area contributed by atoms with Crippen molar-refractivity contribution in [3.8, 4) is 0 Å². The van der Waals surface area contributed by atoms with Gasteiger partial charge in [-0.2, -0.15) is 0 Å². The molecule has 111 valence electrons. The van der Waals surface area contributed by atoms with Crippen LogP contribution in [0.1, 0.15) is 33.6 Å². The van der Waals surface area contributed by atoms with Crippen molar-refractivity contribution in [1.29, 1.82) is 0 Å². The van der Waals surface area contributed by atoms with E-state index in [4.69, 9.17) is 0 Å². The average Bonchev–Trinajstić information content (AvgIpc) is 2.86. The first kappa shape index (κ1) is 21.0. The second-order valence-electron chi connectivity index (χ2n) is 6.64. The molecule has 0 heterocycles. The normalized spacial score (nSPS) is 17.2. The molecule has 0 saturated heterocycles. The first-order valence-electron chi connectivity index (χ1n) is 7.04. The minimum Gasteiger partial charge on any atom is -1.00 e. The molecule has 0 aromatic heterocycles. The Bertz CT molecular complexity index is 454. The van der Waals surface area contributed by atoms with Gasteiger partial charge in [0.05, 0.1) is 0 Å². The van der Waals surface area contributed by atoms with Crippen LogP contribution in [0.3, 0.4) is 0 Å². The fourth-order valence-electron chi connectivity index (χ4n) is 3.02. The molecule has 0 aromatic carbocycles. The van der Waals surface area contributed by atoms with Crippen LogP contribution in [-0.4, -0.2) is 10.6 Å². The van der Waals surface area contributed by atoms with Crippen LogP contribution >= 0.6 is 0 Å². The molecule has 0 atom stereocenters. The van der Waals surface area contributed by atoms with Gasteiger partial charge < -0.3 is 24.8 Å². The Balaban J connectivity index is 0.00000180. The van der Waals surface area contributed by atoms with Gasteiger partial charge >= 0.3 is 123 Å². The molecule has 0 radical (unpaired) electrons. The molecule has 0 bridgehead atoms. The third-order valence-corrected chi connectivity index (χ3v) is 47.9. The predicted molar refractivity (Wildman–Crippen MR) is 81.0 cm³/mol. The van der Waals surface area contributed by atoms with Crippen LogP contribution < -0.4 is 24.8 Å². The third-order valence-electron chi connectivity index (χ3n) is 3.76. The standard InChI is InChI=1S/C9H13.C5H5.C2H7Ge.2ClH.Hf/c1-9(2,3)8-6-4-5-7-8;1-2-4-5-3-1;1-3-2;;;/h4,6H,5H2,1-3H3;1-3H,4H2;3H,1-2H3;2*1H;/q;;;;;+2/p-2. The van der Waals surface area contributed by atoms with Crippen LogP contribution in [0.4, 0.5) is 0 Å². The molecule has 2 aliphatic rings. The molecule has 0 aliphatic heterocycles. The maximum absolute atomic E-state index is 2.64. The van der Waals surface area contributed by atoms with Crippen LogP contribution in [-0.2, 0) is 19.0 Å². The summed E-state index contributed by atoms with van der Waals surface area (Å²) in [6.45, 7) is 7.15. The van der Waals surface area contributed by atoms with Gasteiger partial charge in [-0.3, -0.25) is 0 Å². The molecule has 0 spiro atoms. The van der Waals surface area contributed by atoms with E-state index in [1.165, 1.54) is 12.8 Å². The summed E-state index contributed by atoms with van der Waals surface area (Å²) in [6.07, 6.45) is 14.6. The van der Waals surface area contributed by atoms with Crippen molar-refractivity contribution in [2.45, 2.75) is 45.1 Å². The van der Waals surface area contributed by atoms with Crippen molar-refractivity contribution in [2.24, 2.45) is 5.41 Å². The zero-order valence-corrected chi connectivity index (χ0v) is 20.7. The predicted octanol–water partition coefficient (Wildman–Crippen LogP) is -1.30. The monoisotopic (exact) mass is 541 g/mol. The summed E-state index contributed by atoms with van der Waals surface area (Å²) in [5.74, 6) is 5.28. The fourth-order valence-corrected chi connectivity index (χ4v) is 48.8. The summed E-state index contributed by atoms with van der Waals surface area (Å²) >= 11 is -1.61. The molecule has 4 heteroatoms. The van der Waals surface area contributed by atoms with Crippen molar-refractivity contribution in [2.75, 3.05) is 0 Å². The Kier molecular flexibility index (Phi) is 8.96. The molecule has 0 fully saturated rings. The molecule has 0 aromatic rings. The van der Waals surface area contributed by atoms with Crippen LogP contribution in [0.5, 0.6) is 0 Å². The maximum atomic E-state index is 2.64. The summed E-state index contributed by atoms with van der Waals surface area (Å²) in [4.78, 5) is 0. The van der Waals surface area contributed by atoms with E-state index < -0.39 is 29.6 Å². The number of halogens is 2. The minimum absolute atomic E-state index is 0. The van der Waals surface area contributed by atoms with Crippen LogP contribution in [0.25, 0.3) is 0 Å². The van der Waals surface area contributed by atoms with E-state index in [0.29, 0.717) is 5.41 Å². The Morgan fingerprint density at radius 2 is 1.70 bits per heavy atom. The zero-order valence-electron chi connectivity index (χ0n) is 13.1. The van der Waals surface area contributed by atoms with E-state index in [-0.39, 0.29) is 24.8 Å². The Hall–Kier alpha value is 0.953. The molecule has 0 saturated carbocycles. The van der Waals surface area contributed by atoms with E-state index in [0.717, 1.165) is 0 Å². The average molecular weight is 539 g/mol. The van der Waals surface area contributed by atoms with Crippen LogP contribution in [0.15, 0.2) is 42.6 Å². The van der Waals surface area contributed by atoms with Crippen LogP contribution in [0, 0.1) is 5.41 Å². The van der Waals surface area contributed by atoms with Gasteiger partial charge in [-0.1, -0.05) is 0 Å². The summed E-state index contributed by atoms with van der Waals surface area (Å²) in [5.41, 5.74) is 2.05. The Labute approximate surface area is 146 Å². The van der Waals surface area contributed by atoms with Gasteiger partial charge in [0, 0.05) is 0 Å². The zero-order chi connectivity index (χ0) is 13.3. The van der Waals surface area contributed by atoms with Gasteiger partial charge in [0.1, 0.15) is 0 Å². The van der Waals surface area contributed by atoms with Crippen molar-refractivity contribution in [1.82, 2.24) is 0 Å². The van der Waals surface area contributed by atoms with Crippen molar-refractivity contribution in [3.05, 3.63) is 42.6 Å². The summed E-state index contributed by atoms with van der Waals surface area (Å²) in [7, 11) is -0.982. The molecule has 2 rings (SSSR count). The van der Waals surface area contributed by atoms with Crippen molar-refractivity contribution < 1.29 is 43.8 Å². The van der Waals surface area contributed by atoms with E-state index in [9.17, 15) is 0 Å². The van der Waals surface area contributed by atoms with Gasteiger partial charge in [-0.05, 0) is 0 Å². The van der Waals surface area contributed by atoms with E-state index in [1.54, 1.807) is 5.57 Å². The van der Waals surface area contributed by atoms with Gasteiger partial charge in [0.25, 0.3) is 0 Å². The first-order chi connectivity index (χ1) is 8.41. The van der Waals surface area contributed by atoms with Gasteiger partial charge in [0.15, 0.2) is 0 Å². The Morgan fingerprint density at radius 3 is 2.15 bits per heavy atom. The summed E-state index contributed by atoms with van der Waals surface area (Å²) in [6, 6.07) is 0. The smallest absolute Gasteiger partial charge is 1.00 e. The van der Waals surface area contributed by atoms with Gasteiger partial charge in [-0.15, -0.1) is 0 Å². The molecule has 0 unspecified atom stereocenters. The first-order valence-corrected chi connectivity index (χ1v) is 27.5. The Morgan fingerprint density at radius 1 is 1.05 bits per heavy atom. The molecule has 0 nitrogen and oxygen atoms in total. The summed E-state index contributed by atoms with van der Waals surface area (Å²) in [5, 5.41) is 0. The SMILES string of the molecule is [CH3][GeH]([CH3])[Hf+2]([C]1=CC=CC1)[C]1=C(C(C)(C)C)C=CC1.[Cl-].[Cl-].